The van der Waals surface area contributed by atoms with Crippen molar-refractivity contribution >= 4 is 17.6 Å². The van der Waals surface area contributed by atoms with Gasteiger partial charge in [0.05, 0.1) is 0 Å². The Morgan fingerprint density at radius 3 is 2.47 bits per heavy atom. The molecule has 0 atom stereocenters. The number of anilines is 1. The van der Waals surface area contributed by atoms with E-state index in [0.29, 0.717) is 25.1 Å². The van der Waals surface area contributed by atoms with Gasteiger partial charge in [0.15, 0.2) is 0 Å². The second kappa shape index (κ2) is 4.91. The highest BCUT2D eigenvalue weighted by atomic mass is 16.4. The lowest BCUT2D eigenvalue weighted by molar-refractivity contribution is -0.160. The molecule has 1 aromatic rings. The minimum atomic E-state index is -1.28. The van der Waals surface area contributed by atoms with Gasteiger partial charge in [-0.05, 0) is 31.9 Å². The summed E-state index contributed by atoms with van der Waals surface area (Å²) in [7, 11) is 0. The van der Waals surface area contributed by atoms with Crippen molar-refractivity contribution in [3.63, 3.8) is 0 Å². The molecule has 0 saturated heterocycles. The fourth-order valence-electron chi connectivity index (χ4n) is 2.41. The Morgan fingerprint density at radius 1 is 1.37 bits per heavy atom. The molecule has 102 valence electrons. The normalized spacial score (nSPS) is 16.5. The smallest absolute Gasteiger partial charge is 0.319 e. The molecule has 0 heterocycles. The first-order valence-electron chi connectivity index (χ1n) is 6.35. The molecule has 0 bridgehead atoms. The Balaban J connectivity index is 2.32. The van der Waals surface area contributed by atoms with Crippen LogP contribution < -0.4 is 4.90 Å². The first kappa shape index (κ1) is 13.4. The lowest BCUT2D eigenvalue weighted by Gasteiger charge is -2.39. The van der Waals surface area contributed by atoms with E-state index in [9.17, 15) is 19.8 Å². The summed E-state index contributed by atoms with van der Waals surface area (Å²) in [6, 6.07) is 6.30. The second-order valence-electron chi connectivity index (χ2n) is 4.81. The number of carbonyl (C=O) groups is 2. The van der Waals surface area contributed by atoms with Gasteiger partial charge in [0.2, 0.25) is 5.91 Å². The van der Waals surface area contributed by atoms with E-state index in [1.54, 1.807) is 19.1 Å². The van der Waals surface area contributed by atoms with Crippen LogP contribution in [0.5, 0.6) is 5.75 Å². The predicted molar refractivity (Wildman–Crippen MR) is 70.1 cm³/mol. The minimum absolute atomic E-state index is 0.0572. The molecule has 2 rings (SSSR count). The van der Waals surface area contributed by atoms with Crippen LogP contribution in [0.15, 0.2) is 24.3 Å². The van der Waals surface area contributed by atoms with Gasteiger partial charge in [0.1, 0.15) is 11.2 Å². The Hall–Kier alpha value is -2.04. The van der Waals surface area contributed by atoms with Gasteiger partial charge in [0, 0.05) is 18.3 Å². The van der Waals surface area contributed by atoms with Crippen molar-refractivity contribution in [2.75, 3.05) is 11.4 Å². The van der Waals surface area contributed by atoms with E-state index in [0.717, 1.165) is 6.42 Å². The molecule has 2 N–H and O–H groups in total. The number of nitrogens with zero attached hydrogens (tertiary/aromatic N) is 1. The average molecular weight is 263 g/mol. The van der Waals surface area contributed by atoms with Crippen molar-refractivity contribution in [2.45, 2.75) is 26.2 Å². The van der Waals surface area contributed by atoms with E-state index in [2.05, 4.69) is 0 Å². The number of hydrogen-bond donors (Lipinski definition) is 2. The third kappa shape index (κ3) is 2.16. The van der Waals surface area contributed by atoms with E-state index in [-0.39, 0.29) is 11.7 Å². The standard InChI is InChI=1S/C14H17NO4/c1-2-15(10-5-3-6-11(16)9-10)12(17)14(13(18)19)7-4-8-14/h3,5-6,9,16H,2,4,7-8H2,1H3,(H,18,19). The van der Waals surface area contributed by atoms with Gasteiger partial charge in [-0.2, -0.15) is 0 Å². The van der Waals surface area contributed by atoms with Gasteiger partial charge < -0.3 is 15.1 Å². The van der Waals surface area contributed by atoms with E-state index < -0.39 is 11.4 Å². The van der Waals surface area contributed by atoms with Gasteiger partial charge in [-0.3, -0.25) is 9.59 Å². The van der Waals surface area contributed by atoms with Crippen molar-refractivity contribution in [1.82, 2.24) is 0 Å². The SMILES string of the molecule is CCN(C(=O)C1(C(=O)O)CCC1)c1cccc(O)c1. The number of phenols is 1. The van der Waals surface area contributed by atoms with Gasteiger partial charge >= 0.3 is 5.97 Å². The highest BCUT2D eigenvalue weighted by Crippen LogP contribution is 2.43. The van der Waals surface area contributed by atoms with Crippen LogP contribution in [0, 0.1) is 5.41 Å². The summed E-state index contributed by atoms with van der Waals surface area (Å²) in [5.41, 5.74) is -0.749. The molecule has 1 aliphatic rings. The molecule has 5 heteroatoms. The number of aromatic hydroxyl groups is 1. The molecule has 0 aromatic heterocycles. The molecule has 1 saturated carbocycles. The maximum atomic E-state index is 12.5. The number of amides is 1. The van der Waals surface area contributed by atoms with Crippen molar-refractivity contribution in [3.05, 3.63) is 24.3 Å². The Bertz CT molecular complexity index is 508. The summed E-state index contributed by atoms with van der Waals surface area (Å²) in [5, 5.41) is 18.8. The molecule has 1 aliphatic carbocycles. The van der Waals surface area contributed by atoms with Crippen molar-refractivity contribution in [3.8, 4) is 5.75 Å². The Kier molecular flexibility index (Phi) is 3.46. The molecule has 1 aromatic carbocycles. The molecule has 5 nitrogen and oxygen atoms in total. The van der Waals surface area contributed by atoms with E-state index in [4.69, 9.17) is 0 Å². The maximum absolute atomic E-state index is 12.5. The van der Waals surface area contributed by atoms with Crippen LogP contribution in [0.2, 0.25) is 0 Å². The zero-order valence-corrected chi connectivity index (χ0v) is 10.8. The predicted octanol–water partition coefficient (Wildman–Crippen LogP) is 2.00. The molecule has 0 radical (unpaired) electrons. The van der Waals surface area contributed by atoms with E-state index >= 15 is 0 Å². The number of carbonyl (C=O) groups excluding carboxylic acids is 1. The molecule has 0 aliphatic heterocycles. The number of rotatable bonds is 4. The third-order valence-electron chi connectivity index (χ3n) is 3.73. The number of benzene rings is 1. The summed E-state index contributed by atoms with van der Waals surface area (Å²) in [6.07, 6.45) is 1.53. The highest BCUT2D eigenvalue weighted by molar-refractivity contribution is 6.10. The van der Waals surface area contributed by atoms with E-state index in [1.807, 2.05) is 0 Å². The zero-order valence-electron chi connectivity index (χ0n) is 10.8. The van der Waals surface area contributed by atoms with Crippen LogP contribution >= 0.6 is 0 Å². The van der Waals surface area contributed by atoms with Gasteiger partial charge in [-0.25, -0.2) is 0 Å². The second-order valence-corrected chi connectivity index (χ2v) is 4.81. The monoisotopic (exact) mass is 263 g/mol. The van der Waals surface area contributed by atoms with Crippen LogP contribution in [-0.4, -0.2) is 28.6 Å². The summed E-state index contributed by atoms with van der Waals surface area (Å²) in [5.74, 6) is -1.39. The lowest BCUT2D eigenvalue weighted by Crippen LogP contribution is -2.52. The lowest BCUT2D eigenvalue weighted by atomic mass is 9.67. The Morgan fingerprint density at radius 2 is 2.05 bits per heavy atom. The third-order valence-corrected chi connectivity index (χ3v) is 3.73. The summed E-state index contributed by atoms with van der Waals surface area (Å²) >= 11 is 0. The number of hydrogen-bond acceptors (Lipinski definition) is 3. The highest BCUT2D eigenvalue weighted by Gasteiger charge is 2.53. The number of aliphatic carboxylic acids is 1. The van der Waals surface area contributed by atoms with Gasteiger partial charge in [-0.15, -0.1) is 0 Å². The summed E-state index contributed by atoms with van der Waals surface area (Å²) < 4.78 is 0. The molecular weight excluding hydrogens is 246 g/mol. The average Bonchev–Trinajstić information content (AvgIpc) is 2.27. The summed E-state index contributed by atoms with van der Waals surface area (Å²) in [4.78, 5) is 25.3. The Labute approximate surface area is 111 Å². The number of carboxylic acid groups (broad SMARTS) is 1. The maximum Gasteiger partial charge on any atom is 0.319 e. The molecule has 19 heavy (non-hydrogen) atoms. The topological polar surface area (TPSA) is 77.8 Å². The van der Waals surface area contributed by atoms with Crippen LogP contribution in [0.1, 0.15) is 26.2 Å². The molecule has 1 fully saturated rings. The fourth-order valence-corrected chi connectivity index (χ4v) is 2.41. The summed E-state index contributed by atoms with van der Waals surface area (Å²) in [6.45, 7) is 2.16. The van der Waals surface area contributed by atoms with Crippen LogP contribution in [0.3, 0.4) is 0 Å². The molecule has 0 spiro atoms. The van der Waals surface area contributed by atoms with Gasteiger partial charge in [0.25, 0.3) is 0 Å². The van der Waals surface area contributed by atoms with Crippen molar-refractivity contribution in [2.24, 2.45) is 5.41 Å². The molecule has 1 amide bonds. The van der Waals surface area contributed by atoms with Gasteiger partial charge in [-0.1, -0.05) is 12.5 Å². The largest absolute Gasteiger partial charge is 0.508 e. The van der Waals surface area contributed by atoms with Crippen LogP contribution in [0.25, 0.3) is 0 Å². The first-order valence-corrected chi connectivity index (χ1v) is 6.35. The molecule has 0 unspecified atom stereocenters. The quantitative estimate of drug-likeness (QED) is 0.814. The van der Waals surface area contributed by atoms with Crippen LogP contribution in [-0.2, 0) is 9.59 Å². The van der Waals surface area contributed by atoms with Crippen LogP contribution in [0.4, 0.5) is 5.69 Å². The first-order chi connectivity index (χ1) is 9.01. The zero-order chi connectivity index (χ0) is 14.0. The number of carboxylic acids is 1. The van der Waals surface area contributed by atoms with Crippen molar-refractivity contribution < 1.29 is 19.8 Å². The van der Waals surface area contributed by atoms with E-state index in [1.165, 1.54) is 17.0 Å². The van der Waals surface area contributed by atoms with Crippen molar-refractivity contribution in [1.29, 1.82) is 0 Å². The minimum Gasteiger partial charge on any atom is -0.508 e. The fraction of sp³-hybridized carbons (Fsp3) is 0.429. The molecular formula is C14H17NO4. The number of phenolic OH excluding ortho intramolecular Hbond substituents is 1.